The molecule has 1 aromatic carbocycles. The Morgan fingerprint density at radius 2 is 2.21 bits per heavy atom. The van der Waals surface area contributed by atoms with Crippen LogP contribution in [-0.4, -0.2) is 30.2 Å². The summed E-state index contributed by atoms with van der Waals surface area (Å²) in [6, 6.07) is 5.74. The maximum atomic E-state index is 12.0. The third-order valence-corrected chi connectivity index (χ3v) is 3.52. The number of carboxylic acids is 1. The fourth-order valence-electron chi connectivity index (χ4n) is 2.09. The number of benzene rings is 1. The van der Waals surface area contributed by atoms with E-state index >= 15 is 0 Å². The van der Waals surface area contributed by atoms with Crippen LogP contribution in [0.3, 0.4) is 0 Å². The van der Waals surface area contributed by atoms with Gasteiger partial charge in [-0.3, -0.25) is 9.69 Å². The predicted molar refractivity (Wildman–Crippen MR) is 75.5 cm³/mol. The van der Waals surface area contributed by atoms with Crippen LogP contribution in [0.4, 0.5) is 10.5 Å². The number of hydrogen-bond donors (Lipinski definition) is 2. The van der Waals surface area contributed by atoms with E-state index in [2.05, 4.69) is 21.2 Å². The van der Waals surface area contributed by atoms with Crippen LogP contribution in [0, 0.1) is 0 Å². The molecule has 0 atom stereocenters. The predicted octanol–water partition coefficient (Wildman–Crippen LogP) is 2.39. The lowest BCUT2D eigenvalue weighted by molar-refractivity contribution is -0.137. The van der Waals surface area contributed by atoms with E-state index in [1.165, 1.54) is 0 Å². The number of rotatable bonds is 4. The monoisotopic (exact) mass is 326 g/mol. The van der Waals surface area contributed by atoms with Gasteiger partial charge >= 0.3 is 12.0 Å². The van der Waals surface area contributed by atoms with Crippen LogP contribution >= 0.6 is 15.9 Å². The Kier molecular flexibility index (Phi) is 4.42. The van der Waals surface area contributed by atoms with Crippen molar-refractivity contribution in [2.45, 2.75) is 19.3 Å². The van der Waals surface area contributed by atoms with Crippen LogP contribution in [0.25, 0.3) is 0 Å². The van der Waals surface area contributed by atoms with E-state index < -0.39 is 5.97 Å². The van der Waals surface area contributed by atoms with E-state index in [4.69, 9.17) is 5.11 Å². The molecule has 0 bridgehead atoms. The van der Waals surface area contributed by atoms with Gasteiger partial charge in [0.25, 0.3) is 0 Å². The van der Waals surface area contributed by atoms with Gasteiger partial charge in [-0.15, -0.1) is 0 Å². The highest BCUT2D eigenvalue weighted by Gasteiger charge is 2.24. The third-order valence-electron chi connectivity index (χ3n) is 3.03. The minimum absolute atomic E-state index is 0.0718. The molecule has 0 radical (unpaired) electrons. The number of aliphatic carboxylic acids is 1. The number of anilines is 1. The number of carbonyl (C=O) groups is 2. The number of amides is 2. The quantitative estimate of drug-likeness (QED) is 0.834. The van der Waals surface area contributed by atoms with Gasteiger partial charge in [0.1, 0.15) is 0 Å². The standard InChI is InChI=1S/C13H15BrN2O3/c14-10-4-3-9-5-7-16(11(9)8-10)13(19)15-6-1-2-12(17)18/h3-4,8H,1-2,5-7H2,(H,15,19)(H,17,18). The molecule has 0 fully saturated rings. The fourth-order valence-corrected chi connectivity index (χ4v) is 2.44. The average Bonchev–Trinajstić information content (AvgIpc) is 2.77. The molecule has 1 heterocycles. The average molecular weight is 327 g/mol. The molecule has 19 heavy (non-hydrogen) atoms. The van der Waals surface area contributed by atoms with Crippen LogP contribution < -0.4 is 10.2 Å². The minimum atomic E-state index is -0.843. The highest BCUT2D eigenvalue weighted by Crippen LogP contribution is 2.30. The van der Waals surface area contributed by atoms with E-state index in [9.17, 15) is 9.59 Å². The van der Waals surface area contributed by atoms with Gasteiger partial charge in [0, 0.05) is 29.7 Å². The molecule has 0 unspecified atom stereocenters. The SMILES string of the molecule is O=C(O)CCCNC(=O)N1CCc2ccc(Br)cc21. The van der Waals surface area contributed by atoms with Crippen molar-refractivity contribution in [2.24, 2.45) is 0 Å². The first-order valence-electron chi connectivity index (χ1n) is 6.13. The highest BCUT2D eigenvalue weighted by atomic mass is 79.9. The topological polar surface area (TPSA) is 69.6 Å². The van der Waals surface area contributed by atoms with Crippen molar-refractivity contribution in [1.29, 1.82) is 0 Å². The van der Waals surface area contributed by atoms with E-state index in [1.807, 2.05) is 18.2 Å². The summed E-state index contributed by atoms with van der Waals surface area (Å²) in [4.78, 5) is 24.1. The molecule has 2 amide bonds. The first kappa shape index (κ1) is 13.9. The van der Waals surface area contributed by atoms with Gasteiger partial charge in [-0.1, -0.05) is 22.0 Å². The van der Waals surface area contributed by atoms with Gasteiger partial charge in [-0.25, -0.2) is 4.79 Å². The summed E-state index contributed by atoms with van der Waals surface area (Å²) in [5, 5.41) is 11.3. The summed E-state index contributed by atoms with van der Waals surface area (Å²) in [6.45, 7) is 1.04. The molecular formula is C13H15BrN2O3. The number of hydrogen-bond acceptors (Lipinski definition) is 2. The molecule has 1 aliphatic rings. The van der Waals surface area contributed by atoms with Gasteiger partial charge in [0.05, 0.1) is 0 Å². The van der Waals surface area contributed by atoms with Gasteiger partial charge in [-0.2, -0.15) is 0 Å². The van der Waals surface area contributed by atoms with Crippen LogP contribution in [0.2, 0.25) is 0 Å². The van der Waals surface area contributed by atoms with Crippen LogP contribution in [0.15, 0.2) is 22.7 Å². The fraction of sp³-hybridized carbons (Fsp3) is 0.385. The third kappa shape index (κ3) is 3.47. The Morgan fingerprint density at radius 1 is 1.42 bits per heavy atom. The summed E-state index contributed by atoms with van der Waals surface area (Å²) < 4.78 is 0.942. The molecule has 2 N–H and O–H groups in total. The normalized spacial score (nSPS) is 13.2. The molecule has 102 valence electrons. The molecule has 1 aromatic rings. The summed E-state index contributed by atoms with van der Waals surface area (Å²) in [5.41, 5.74) is 2.08. The number of nitrogens with zero attached hydrogens (tertiary/aromatic N) is 1. The van der Waals surface area contributed by atoms with E-state index in [0.29, 0.717) is 19.5 Å². The maximum absolute atomic E-state index is 12.0. The van der Waals surface area contributed by atoms with Crippen LogP contribution in [0.5, 0.6) is 0 Å². The second-order valence-electron chi connectivity index (χ2n) is 4.40. The number of fused-ring (bicyclic) bond motifs is 1. The van der Waals surface area contributed by atoms with Crippen molar-refractivity contribution in [3.8, 4) is 0 Å². The first-order valence-corrected chi connectivity index (χ1v) is 6.93. The number of urea groups is 1. The minimum Gasteiger partial charge on any atom is -0.481 e. The van der Waals surface area contributed by atoms with Crippen molar-refractivity contribution in [2.75, 3.05) is 18.0 Å². The van der Waals surface area contributed by atoms with Gasteiger partial charge in [0.15, 0.2) is 0 Å². The van der Waals surface area contributed by atoms with Crippen molar-refractivity contribution in [1.82, 2.24) is 5.32 Å². The highest BCUT2D eigenvalue weighted by molar-refractivity contribution is 9.10. The summed E-state index contributed by atoms with van der Waals surface area (Å²) in [7, 11) is 0. The van der Waals surface area contributed by atoms with Gasteiger partial charge < -0.3 is 10.4 Å². The zero-order valence-electron chi connectivity index (χ0n) is 10.4. The maximum Gasteiger partial charge on any atom is 0.321 e. The Labute approximate surface area is 119 Å². The van der Waals surface area contributed by atoms with Crippen molar-refractivity contribution < 1.29 is 14.7 Å². The molecule has 6 heteroatoms. The lowest BCUT2D eigenvalue weighted by atomic mass is 10.2. The van der Waals surface area contributed by atoms with Gasteiger partial charge in [0.2, 0.25) is 0 Å². The molecule has 0 spiro atoms. The van der Waals surface area contributed by atoms with Crippen molar-refractivity contribution in [3.63, 3.8) is 0 Å². The van der Waals surface area contributed by atoms with Gasteiger partial charge in [-0.05, 0) is 30.5 Å². The molecule has 0 saturated carbocycles. The zero-order valence-corrected chi connectivity index (χ0v) is 11.9. The summed E-state index contributed by atoms with van der Waals surface area (Å²) in [6.07, 6.45) is 1.37. The summed E-state index contributed by atoms with van der Waals surface area (Å²) >= 11 is 3.40. The molecule has 0 saturated heterocycles. The molecule has 2 rings (SSSR count). The second-order valence-corrected chi connectivity index (χ2v) is 5.32. The number of nitrogens with one attached hydrogen (secondary N) is 1. The molecule has 0 aromatic heterocycles. The van der Waals surface area contributed by atoms with Crippen LogP contribution in [0.1, 0.15) is 18.4 Å². The molecular weight excluding hydrogens is 312 g/mol. The van der Waals surface area contributed by atoms with E-state index in [1.54, 1.807) is 4.90 Å². The smallest absolute Gasteiger partial charge is 0.321 e. The van der Waals surface area contributed by atoms with Crippen molar-refractivity contribution in [3.05, 3.63) is 28.2 Å². The second kappa shape index (κ2) is 6.06. The number of carboxylic acid groups (broad SMARTS) is 1. The Balaban J connectivity index is 1.92. The molecule has 1 aliphatic heterocycles. The Morgan fingerprint density at radius 3 is 2.95 bits per heavy atom. The molecule has 5 nitrogen and oxygen atoms in total. The van der Waals surface area contributed by atoms with E-state index in [0.717, 1.165) is 22.1 Å². The van der Waals surface area contributed by atoms with Crippen molar-refractivity contribution >= 4 is 33.6 Å². The lowest BCUT2D eigenvalue weighted by Gasteiger charge is -2.18. The summed E-state index contributed by atoms with van der Waals surface area (Å²) in [5.74, 6) is -0.843. The Hall–Kier alpha value is -1.56. The lowest BCUT2D eigenvalue weighted by Crippen LogP contribution is -2.39. The largest absolute Gasteiger partial charge is 0.481 e. The molecule has 0 aliphatic carbocycles. The van der Waals surface area contributed by atoms with E-state index in [-0.39, 0.29) is 12.5 Å². The number of halogens is 1. The Bertz CT molecular complexity index is 505. The number of carbonyl (C=O) groups excluding carboxylic acids is 1. The first-order chi connectivity index (χ1) is 9.08. The zero-order chi connectivity index (χ0) is 13.8. The van der Waals surface area contributed by atoms with Crippen LogP contribution in [-0.2, 0) is 11.2 Å².